The Hall–Kier alpha value is -2.62. The van der Waals surface area contributed by atoms with E-state index in [1.165, 1.54) is 4.31 Å². The third kappa shape index (κ3) is 6.25. The van der Waals surface area contributed by atoms with E-state index < -0.39 is 10.0 Å². The molecule has 1 heterocycles. The first-order valence-electron chi connectivity index (χ1n) is 11.5. The molecule has 1 amide bonds. The van der Waals surface area contributed by atoms with Crippen molar-refractivity contribution in [2.24, 2.45) is 0 Å². The number of sulfonamides is 1. The Morgan fingerprint density at radius 2 is 1.67 bits per heavy atom. The van der Waals surface area contributed by atoms with E-state index >= 15 is 0 Å². The van der Waals surface area contributed by atoms with Gasteiger partial charge in [0.2, 0.25) is 10.0 Å². The van der Waals surface area contributed by atoms with E-state index in [0.29, 0.717) is 24.5 Å². The summed E-state index contributed by atoms with van der Waals surface area (Å²) in [5.74, 6) is 0.256. The molecule has 3 rings (SSSR count). The van der Waals surface area contributed by atoms with Crippen molar-refractivity contribution >= 4 is 27.3 Å². The quantitative estimate of drug-likeness (QED) is 0.570. The first-order chi connectivity index (χ1) is 15.9. The van der Waals surface area contributed by atoms with Gasteiger partial charge in [0.15, 0.2) is 6.61 Å². The Balaban J connectivity index is 1.85. The molecule has 0 aromatic heterocycles. The lowest BCUT2D eigenvalue weighted by Crippen LogP contribution is -2.46. The Labute approximate surface area is 197 Å². The summed E-state index contributed by atoms with van der Waals surface area (Å²) in [7, 11) is -3.65. The molecular weight excluding hydrogens is 440 g/mol. The molecule has 1 saturated heterocycles. The lowest BCUT2D eigenvalue weighted by molar-refractivity contribution is -0.118. The number of rotatable bonds is 10. The molecule has 2 aromatic carbocycles. The molecule has 0 bridgehead atoms. The molecule has 33 heavy (non-hydrogen) atoms. The van der Waals surface area contributed by atoms with Crippen molar-refractivity contribution in [1.82, 2.24) is 9.21 Å². The van der Waals surface area contributed by atoms with Gasteiger partial charge in [0.1, 0.15) is 5.75 Å². The van der Waals surface area contributed by atoms with E-state index in [4.69, 9.17) is 4.74 Å². The number of ether oxygens (including phenoxy) is 1. The molecule has 1 fully saturated rings. The second kappa shape index (κ2) is 11.5. The maximum Gasteiger partial charge on any atom is 0.262 e. The Morgan fingerprint density at radius 1 is 1.00 bits per heavy atom. The van der Waals surface area contributed by atoms with Crippen LogP contribution in [0.3, 0.4) is 0 Å². The molecule has 0 saturated carbocycles. The number of benzene rings is 2. The molecule has 1 N–H and O–H groups in total. The van der Waals surface area contributed by atoms with E-state index in [9.17, 15) is 13.2 Å². The molecular formula is C24H34N4O4S. The number of carbonyl (C=O) groups excluding carboxylic acids is 1. The minimum absolute atomic E-state index is 0.167. The van der Waals surface area contributed by atoms with E-state index in [-0.39, 0.29) is 17.4 Å². The summed E-state index contributed by atoms with van der Waals surface area (Å²) in [6, 6.07) is 14.1. The zero-order chi connectivity index (χ0) is 23.8. The molecule has 0 aliphatic carbocycles. The third-order valence-corrected chi connectivity index (χ3v) is 7.90. The lowest BCUT2D eigenvalue weighted by atomic mass is 10.2. The monoisotopic (exact) mass is 474 g/mol. The van der Waals surface area contributed by atoms with Crippen LogP contribution >= 0.6 is 0 Å². The van der Waals surface area contributed by atoms with Gasteiger partial charge in [0, 0.05) is 39.3 Å². The number of nitrogens with one attached hydrogen (secondary N) is 1. The molecule has 9 heteroatoms. The fourth-order valence-corrected chi connectivity index (χ4v) is 5.41. The van der Waals surface area contributed by atoms with Crippen molar-refractivity contribution in [1.29, 1.82) is 0 Å². The SMILES string of the molecule is CCN1CCN(c2ccc(S(=O)(=O)N(CC)CC)cc2NC(=O)COc2ccccc2)CC1. The topological polar surface area (TPSA) is 82.2 Å². The van der Waals surface area contributed by atoms with Gasteiger partial charge in [0.25, 0.3) is 5.91 Å². The standard InChI is InChI=1S/C24H34N4O4S/c1-4-26-14-16-27(17-15-26)23-13-12-21(33(30,31)28(5-2)6-3)18-22(23)25-24(29)19-32-20-10-8-7-9-11-20/h7-13,18H,4-6,14-17,19H2,1-3H3,(H,25,29). The van der Waals surface area contributed by atoms with Crippen LogP contribution < -0.4 is 15.0 Å². The summed E-state index contributed by atoms with van der Waals surface area (Å²) in [5, 5.41) is 2.89. The Morgan fingerprint density at radius 3 is 2.27 bits per heavy atom. The Kier molecular flexibility index (Phi) is 8.71. The van der Waals surface area contributed by atoms with Crippen LogP contribution in [0.5, 0.6) is 5.75 Å². The minimum atomic E-state index is -3.65. The number of para-hydroxylation sites is 1. The number of hydrogen-bond donors (Lipinski definition) is 1. The molecule has 1 aliphatic heterocycles. The van der Waals surface area contributed by atoms with E-state index in [1.807, 2.05) is 32.0 Å². The largest absolute Gasteiger partial charge is 0.484 e. The van der Waals surface area contributed by atoms with Crippen LogP contribution in [0.15, 0.2) is 53.4 Å². The van der Waals surface area contributed by atoms with E-state index in [0.717, 1.165) is 38.4 Å². The van der Waals surface area contributed by atoms with Crippen LogP contribution in [-0.2, 0) is 14.8 Å². The Bertz CT molecular complexity index is 1020. The highest BCUT2D eigenvalue weighted by molar-refractivity contribution is 7.89. The summed E-state index contributed by atoms with van der Waals surface area (Å²) in [5.41, 5.74) is 1.30. The zero-order valence-corrected chi connectivity index (χ0v) is 20.5. The highest BCUT2D eigenvalue weighted by Gasteiger charge is 2.25. The zero-order valence-electron chi connectivity index (χ0n) is 19.7. The summed E-state index contributed by atoms with van der Waals surface area (Å²) in [6.07, 6.45) is 0. The summed E-state index contributed by atoms with van der Waals surface area (Å²) >= 11 is 0. The van der Waals surface area contributed by atoms with E-state index in [2.05, 4.69) is 22.0 Å². The van der Waals surface area contributed by atoms with Crippen LogP contribution in [0, 0.1) is 0 Å². The van der Waals surface area contributed by atoms with Gasteiger partial charge in [-0.3, -0.25) is 4.79 Å². The van der Waals surface area contributed by atoms with Crippen LogP contribution in [0.1, 0.15) is 20.8 Å². The first kappa shape index (κ1) is 25.0. The van der Waals surface area contributed by atoms with Gasteiger partial charge >= 0.3 is 0 Å². The molecule has 180 valence electrons. The first-order valence-corrected chi connectivity index (χ1v) is 12.9. The van der Waals surface area contributed by atoms with Crippen molar-refractivity contribution in [2.75, 3.05) is 62.6 Å². The number of amides is 1. The van der Waals surface area contributed by atoms with Crippen molar-refractivity contribution in [3.05, 3.63) is 48.5 Å². The van der Waals surface area contributed by atoms with E-state index in [1.54, 1.807) is 30.3 Å². The molecule has 0 spiro atoms. The number of anilines is 2. The smallest absolute Gasteiger partial charge is 0.262 e. The normalized spacial score (nSPS) is 15.0. The maximum absolute atomic E-state index is 13.1. The fourth-order valence-electron chi connectivity index (χ4n) is 3.92. The highest BCUT2D eigenvalue weighted by Crippen LogP contribution is 2.31. The number of likely N-dealkylation sites (N-methyl/N-ethyl adjacent to an activating group) is 1. The summed E-state index contributed by atoms with van der Waals surface area (Å²) in [6.45, 7) is 10.8. The minimum Gasteiger partial charge on any atom is -0.484 e. The summed E-state index contributed by atoms with van der Waals surface area (Å²) < 4.78 is 33.1. The van der Waals surface area contributed by atoms with Crippen molar-refractivity contribution in [3.63, 3.8) is 0 Å². The maximum atomic E-state index is 13.1. The van der Waals surface area contributed by atoms with Gasteiger partial charge < -0.3 is 19.9 Å². The van der Waals surface area contributed by atoms with Gasteiger partial charge in [-0.1, -0.05) is 39.0 Å². The third-order valence-electron chi connectivity index (χ3n) is 5.86. The van der Waals surface area contributed by atoms with Crippen LogP contribution in [-0.4, -0.2) is 76.0 Å². The lowest BCUT2D eigenvalue weighted by Gasteiger charge is -2.36. The average Bonchev–Trinajstić information content (AvgIpc) is 2.84. The number of piperazine rings is 1. The molecule has 8 nitrogen and oxygen atoms in total. The second-order valence-corrected chi connectivity index (χ2v) is 9.78. The molecule has 0 radical (unpaired) electrons. The van der Waals surface area contributed by atoms with Gasteiger partial charge in [-0.2, -0.15) is 4.31 Å². The number of hydrogen-bond acceptors (Lipinski definition) is 6. The predicted molar refractivity (Wildman–Crippen MR) is 131 cm³/mol. The highest BCUT2D eigenvalue weighted by atomic mass is 32.2. The second-order valence-electron chi connectivity index (χ2n) is 7.84. The van der Waals surface area contributed by atoms with Crippen molar-refractivity contribution in [2.45, 2.75) is 25.7 Å². The number of nitrogens with zero attached hydrogens (tertiary/aromatic N) is 3. The van der Waals surface area contributed by atoms with Gasteiger partial charge in [-0.15, -0.1) is 0 Å². The van der Waals surface area contributed by atoms with Crippen LogP contribution in [0.2, 0.25) is 0 Å². The molecule has 2 aromatic rings. The summed E-state index contributed by atoms with van der Waals surface area (Å²) in [4.78, 5) is 17.4. The predicted octanol–water partition coefficient (Wildman–Crippen LogP) is 2.88. The van der Waals surface area contributed by atoms with Crippen LogP contribution in [0.4, 0.5) is 11.4 Å². The molecule has 0 unspecified atom stereocenters. The fraction of sp³-hybridized carbons (Fsp3) is 0.458. The average molecular weight is 475 g/mol. The number of carbonyl (C=O) groups is 1. The molecule has 0 atom stereocenters. The van der Waals surface area contributed by atoms with Gasteiger partial charge in [0.05, 0.1) is 16.3 Å². The van der Waals surface area contributed by atoms with Gasteiger partial charge in [-0.25, -0.2) is 8.42 Å². The van der Waals surface area contributed by atoms with Crippen LogP contribution in [0.25, 0.3) is 0 Å². The van der Waals surface area contributed by atoms with Crippen molar-refractivity contribution < 1.29 is 17.9 Å². The van der Waals surface area contributed by atoms with Crippen molar-refractivity contribution in [3.8, 4) is 5.75 Å². The molecule has 1 aliphatic rings. The van der Waals surface area contributed by atoms with Gasteiger partial charge in [-0.05, 0) is 36.9 Å².